The van der Waals surface area contributed by atoms with E-state index in [1.54, 1.807) is 13.8 Å². The molecule has 108 valence electrons. The molecule has 1 saturated carbocycles. The Bertz CT molecular complexity index is 508. The van der Waals surface area contributed by atoms with Crippen LogP contribution in [0.25, 0.3) is 0 Å². The van der Waals surface area contributed by atoms with Gasteiger partial charge in [-0.3, -0.25) is 14.5 Å². The molecule has 6 nitrogen and oxygen atoms in total. The summed E-state index contributed by atoms with van der Waals surface area (Å²) < 4.78 is 22.2. The van der Waals surface area contributed by atoms with Crippen molar-refractivity contribution in [2.75, 3.05) is 12.8 Å². The number of carbonyl (C=O) groups excluding carboxylic acids is 2. The van der Waals surface area contributed by atoms with Crippen LogP contribution in [0.3, 0.4) is 0 Å². The van der Waals surface area contributed by atoms with Gasteiger partial charge in [-0.1, -0.05) is 0 Å². The molecule has 2 fully saturated rings. The Morgan fingerprint density at radius 1 is 1.32 bits per heavy atom. The number of hydrogen-bond acceptors (Lipinski definition) is 5. The molecule has 1 aliphatic heterocycles. The molecule has 2 amide bonds. The molecule has 7 heteroatoms. The monoisotopic (exact) mass is 288 g/mol. The number of sulfone groups is 1. The van der Waals surface area contributed by atoms with Gasteiger partial charge in [0.15, 0.2) is 9.84 Å². The molecule has 0 radical (unpaired) electrons. The minimum atomic E-state index is -3.21. The number of nitrogens with one attached hydrogen (secondary N) is 1. The smallest absolute Gasteiger partial charge is 0.247 e. The normalized spacial score (nSPS) is 25.2. The Balaban J connectivity index is 1.98. The van der Waals surface area contributed by atoms with Crippen LogP contribution in [0.15, 0.2) is 0 Å². The van der Waals surface area contributed by atoms with Crippen molar-refractivity contribution in [3.63, 3.8) is 0 Å². The highest BCUT2D eigenvalue weighted by Gasteiger charge is 2.46. The van der Waals surface area contributed by atoms with E-state index in [-0.39, 0.29) is 30.8 Å². The number of nitrogens with zero attached hydrogens (tertiary/aromatic N) is 1. The molecule has 19 heavy (non-hydrogen) atoms. The van der Waals surface area contributed by atoms with Crippen LogP contribution < -0.4 is 5.32 Å². The van der Waals surface area contributed by atoms with Gasteiger partial charge in [-0.25, -0.2) is 8.42 Å². The van der Waals surface area contributed by atoms with Gasteiger partial charge in [0.2, 0.25) is 11.8 Å². The first-order chi connectivity index (χ1) is 8.63. The molecule has 1 aliphatic carbocycles. The predicted molar refractivity (Wildman–Crippen MR) is 70.2 cm³/mol. The van der Waals surface area contributed by atoms with Crippen LogP contribution >= 0.6 is 0 Å². The summed E-state index contributed by atoms with van der Waals surface area (Å²) in [6.07, 6.45) is 3.08. The molecule has 1 atom stereocenters. The highest BCUT2D eigenvalue weighted by atomic mass is 32.2. The molecule has 1 heterocycles. The Hall–Kier alpha value is -0.950. The summed E-state index contributed by atoms with van der Waals surface area (Å²) >= 11 is 0. The van der Waals surface area contributed by atoms with Gasteiger partial charge < -0.3 is 5.32 Å². The van der Waals surface area contributed by atoms with E-state index < -0.39 is 20.6 Å². The molecule has 2 aliphatic rings. The molecule has 0 spiro atoms. The van der Waals surface area contributed by atoms with E-state index in [9.17, 15) is 18.0 Å². The molecule has 1 unspecified atom stereocenters. The summed E-state index contributed by atoms with van der Waals surface area (Å²) in [7, 11) is -3.21. The number of likely N-dealkylation sites (tertiary alicyclic amines) is 1. The summed E-state index contributed by atoms with van der Waals surface area (Å²) in [5.41, 5.74) is 0. The van der Waals surface area contributed by atoms with Crippen molar-refractivity contribution in [3.8, 4) is 0 Å². The fourth-order valence-corrected chi connectivity index (χ4v) is 2.37. The maximum Gasteiger partial charge on any atom is 0.247 e. The van der Waals surface area contributed by atoms with Crippen molar-refractivity contribution in [2.24, 2.45) is 0 Å². The Kier molecular flexibility index (Phi) is 3.47. The minimum absolute atomic E-state index is 0.0784. The maximum atomic E-state index is 12.1. The molecule has 0 bridgehead atoms. The first-order valence-corrected chi connectivity index (χ1v) is 8.31. The van der Waals surface area contributed by atoms with Crippen molar-refractivity contribution in [2.45, 2.75) is 49.9 Å². The Morgan fingerprint density at radius 2 is 1.89 bits per heavy atom. The van der Waals surface area contributed by atoms with Crippen LogP contribution in [-0.2, 0) is 19.4 Å². The van der Waals surface area contributed by atoms with E-state index in [2.05, 4.69) is 5.32 Å². The first kappa shape index (κ1) is 14.5. The summed E-state index contributed by atoms with van der Waals surface area (Å²) in [5.74, 6) is -0.362. The van der Waals surface area contributed by atoms with Crippen LogP contribution in [0.1, 0.15) is 33.1 Å². The quantitative estimate of drug-likeness (QED) is 0.702. The molecule has 1 saturated heterocycles. The lowest BCUT2D eigenvalue weighted by Gasteiger charge is -2.24. The van der Waals surface area contributed by atoms with E-state index in [0.717, 1.165) is 12.8 Å². The van der Waals surface area contributed by atoms with E-state index in [0.29, 0.717) is 0 Å². The largest absolute Gasteiger partial charge is 0.304 e. The van der Waals surface area contributed by atoms with E-state index in [4.69, 9.17) is 0 Å². The van der Waals surface area contributed by atoms with Crippen molar-refractivity contribution < 1.29 is 18.0 Å². The number of rotatable bonds is 5. The molecular formula is C12H20N2O4S. The van der Waals surface area contributed by atoms with Crippen LogP contribution in [0.5, 0.6) is 0 Å². The van der Waals surface area contributed by atoms with Crippen LogP contribution in [0.4, 0.5) is 0 Å². The lowest BCUT2D eigenvalue weighted by molar-refractivity contribution is -0.139. The predicted octanol–water partition coefficient (Wildman–Crippen LogP) is -0.311. The van der Waals surface area contributed by atoms with Gasteiger partial charge in [0.25, 0.3) is 0 Å². The second-order valence-corrected chi connectivity index (χ2v) is 8.65. The minimum Gasteiger partial charge on any atom is -0.304 e. The van der Waals surface area contributed by atoms with Crippen LogP contribution in [0.2, 0.25) is 0 Å². The summed E-state index contributed by atoms with van der Waals surface area (Å²) in [6, 6.07) is -0.496. The average Bonchev–Trinajstić information content (AvgIpc) is 3.03. The second kappa shape index (κ2) is 4.56. The highest BCUT2D eigenvalue weighted by molar-refractivity contribution is 7.92. The SMILES string of the molecule is CC(C)(CNC1CC(=O)N(C2CC2)C1=O)S(C)(=O)=O. The van der Waals surface area contributed by atoms with Crippen LogP contribution in [0, 0.1) is 0 Å². The van der Waals surface area contributed by atoms with Crippen molar-refractivity contribution in [1.29, 1.82) is 0 Å². The van der Waals surface area contributed by atoms with E-state index in [1.165, 1.54) is 11.2 Å². The Labute approximate surface area is 113 Å². The topological polar surface area (TPSA) is 83.6 Å². The lowest BCUT2D eigenvalue weighted by atomic mass is 10.1. The zero-order chi connectivity index (χ0) is 14.4. The number of imide groups is 1. The van der Waals surface area contributed by atoms with Crippen molar-refractivity contribution in [3.05, 3.63) is 0 Å². The van der Waals surface area contributed by atoms with Gasteiger partial charge in [0.05, 0.1) is 17.2 Å². The number of carbonyl (C=O) groups is 2. The fourth-order valence-electron chi connectivity index (χ4n) is 2.03. The van der Waals surface area contributed by atoms with Crippen LogP contribution in [-0.4, -0.2) is 54.8 Å². The fraction of sp³-hybridized carbons (Fsp3) is 0.833. The number of amides is 2. The molecule has 0 aromatic rings. The van der Waals surface area contributed by atoms with Gasteiger partial charge >= 0.3 is 0 Å². The standard InChI is InChI=1S/C12H20N2O4S/c1-12(2,19(3,17)18)7-13-9-6-10(15)14(11(9)16)8-4-5-8/h8-9,13H,4-7H2,1-3H3. The van der Waals surface area contributed by atoms with Gasteiger partial charge in [0, 0.05) is 18.8 Å². The second-order valence-electron chi connectivity index (χ2n) is 6.00. The third kappa shape index (κ3) is 2.81. The summed E-state index contributed by atoms with van der Waals surface area (Å²) in [5, 5.41) is 2.93. The van der Waals surface area contributed by atoms with Crippen molar-refractivity contribution >= 4 is 21.7 Å². The zero-order valence-electron chi connectivity index (χ0n) is 11.5. The third-order valence-corrected chi connectivity index (χ3v) is 6.02. The third-order valence-electron chi connectivity index (χ3n) is 3.87. The maximum absolute atomic E-state index is 12.1. The van der Waals surface area contributed by atoms with Gasteiger partial charge in [-0.2, -0.15) is 0 Å². The summed E-state index contributed by atoms with van der Waals surface area (Å²) in [6.45, 7) is 3.37. The Morgan fingerprint density at radius 3 is 2.37 bits per heavy atom. The molecule has 1 N–H and O–H groups in total. The van der Waals surface area contributed by atoms with Gasteiger partial charge in [-0.05, 0) is 26.7 Å². The van der Waals surface area contributed by atoms with E-state index >= 15 is 0 Å². The zero-order valence-corrected chi connectivity index (χ0v) is 12.3. The lowest BCUT2D eigenvalue weighted by Crippen LogP contribution is -2.48. The average molecular weight is 288 g/mol. The molecule has 0 aromatic heterocycles. The van der Waals surface area contributed by atoms with Gasteiger partial charge in [0.1, 0.15) is 0 Å². The molecule has 2 rings (SSSR count). The van der Waals surface area contributed by atoms with Crippen molar-refractivity contribution in [1.82, 2.24) is 10.2 Å². The highest BCUT2D eigenvalue weighted by Crippen LogP contribution is 2.31. The summed E-state index contributed by atoms with van der Waals surface area (Å²) in [4.78, 5) is 25.1. The van der Waals surface area contributed by atoms with Gasteiger partial charge in [-0.15, -0.1) is 0 Å². The first-order valence-electron chi connectivity index (χ1n) is 6.42. The molecule has 0 aromatic carbocycles. The van der Waals surface area contributed by atoms with E-state index in [1.807, 2.05) is 0 Å². The molecular weight excluding hydrogens is 268 g/mol. The number of hydrogen-bond donors (Lipinski definition) is 1.